The molecular weight excluding hydrogens is 386 g/mol. The molecule has 1 N–H and O–H groups in total. The Morgan fingerprint density at radius 3 is 2.67 bits per heavy atom. The fraction of sp³-hybridized carbons (Fsp3) is 0.190. The van der Waals surface area contributed by atoms with Gasteiger partial charge in [0.1, 0.15) is 12.0 Å². The maximum Gasteiger partial charge on any atom is 0.338 e. The van der Waals surface area contributed by atoms with Crippen molar-refractivity contribution in [1.82, 2.24) is 19.4 Å². The second kappa shape index (κ2) is 7.62. The molecule has 1 aliphatic rings. The number of para-hydroxylation sites is 1. The molecule has 9 nitrogen and oxygen atoms in total. The highest BCUT2D eigenvalue weighted by molar-refractivity contribution is 5.88. The van der Waals surface area contributed by atoms with E-state index < -0.39 is 5.97 Å². The molecule has 0 radical (unpaired) electrons. The Labute approximate surface area is 171 Å². The second-order valence-electron chi connectivity index (χ2n) is 6.81. The molecule has 1 aliphatic heterocycles. The highest BCUT2D eigenvalue weighted by atomic mass is 16.5. The van der Waals surface area contributed by atoms with Gasteiger partial charge >= 0.3 is 5.97 Å². The second-order valence-corrected chi connectivity index (χ2v) is 6.81. The van der Waals surface area contributed by atoms with Crippen molar-refractivity contribution in [2.75, 3.05) is 31.3 Å². The van der Waals surface area contributed by atoms with Crippen LogP contribution in [0, 0.1) is 0 Å². The maximum absolute atomic E-state index is 11.2. The summed E-state index contributed by atoms with van der Waals surface area (Å²) in [7, 11) is 0. The smallest absolute Gasteiger partial charge is 0.338 e. The number of aromatic carboxylic acids is 1. The molecule has 4 heterocycles. The Hall–Kier alpha value is -3.69. The number of hydrogen-bond acceptors (Lipinski definition) is 7. The highest BCUT2D eigenvalue weighted by Crippen LogP contribution is 2.32. The molecule has 4 aromatic rings. The third-order valence-corrected chi connectivity index (χ3v) is 4.98. The molecule has 152 valence electrons. The third kappa shape index (κ3) is 3.19. The van der Waals surface area contributed by atoms with Crippen molar-refractivity contribution in [3.05, 3.63) is 66.8 Å². The van der Waals surface area contributed by atoms with Gasteiger partial charge in [0.2, 0.25) is 0 Å². The molecule has 0 amide bonds. The number of fused-ring (bicyclic) bond motifs is 1. The number of benzene rings is 1. The SMILES string of the molecule is O=C(O)c1coc(-c2cnc(N(c3ccccc3)N3CCOCC3)c3nccn23)c1. The lowest BCUT2D eigenvalue weighted by atomic mass is 10.2. The van der Waals surface area contributed by atoms with Crippen molar-refractivity contribution < 1.29 is 19.1 Å². The Morgan fingerprint density at radius 1 is 1.13 bits per heavy atom. The number of furan rings is 1. The molecule has 0 aliphatic carbocycles. The summed E-state index contributed by atoms with van der Waals surface area (Å²) in [5, 5.41) is 13.4. The Kier molecular flexibility index (Phi) is 4.66. The molecule has 1 aromatic carbocycles. The number of rotatable bonds is 5. The number of nitrogens with zero attached hydrogens (tertiary/aromatic N) is 5. The van der Waals surface area contributed by atoms with E-state index in [9.17, 15) is 9.90 Å². The van der Waals surface area contributed by atoms with Crippen LogP contribution in [-0.2, 0) is 4.74 Å². The number of imidazole rings is 1. The topological polar surface area (TPSA) is 96.3 Å². The largest absolute Gasteiger partial charge is 0.478 e. The van der Waals surface area contributed by atoms with Crippen LogP contribution in [0.25, 0.3) is 17.1 Å². The standard InChI is InChI=1S/C21H19N5O4/c27-21(28)15-12-18(30-14-15)17-13-23-20(19-22-6-7-25(17)19)26(16-4-2-1-3-5-16)24-8-10-29-11-9-24/h1-7,12-14H,8-11H2,(H,27,28). The van der Waals surface area contributed by atoms with Crippen molar-refractivity contribution in [3.63, 3.8) is 0 Å². The van der Waals surface area contributed by atoms with E-state index in [4.69, 9.17) is 14.1 Å². The van der Waals surface area contributed by atoms with Gasteiger partial charge in [-0.25, -0.2) is 19.8 Å². The fourth-order valence-corrected chi connectivity index (χ4v) is 3.56. The van der Waals surface area contributed by atoms with Crippen LogP contribution in [0.1, 0.15) is 10.4 Å². The molecule has 0 spiro atoms. The van der Waals surface area contributed by atoms with Gasteiger partial charge < -0.3 is 14.3 Å². The first-order chi connectivity index (χ1) is 14.7. The summed E-state index contributed by atoms with van der Waals surface area (Å²) < 4.78 is 12.9. The number of hydrogen-bond donors (Lipinski definition) is 1. The molecule has 0 bridgehead atoms. The summed E-state index contributed by atoms with van der Waals surface area (Å²) in [4.78, 5) is 20.5. The van der Waals surface area contributed by atoms with Crippen LogP contribution < -0.4 is 5.01 Å². The monoisotopic (exact) mass is 405 g/mol. The van der Waals surface area contributed by atoms with Crippen LogP contribution in [-0.4, -0.2) is 56.8 Å². The quantitative estimate of drug-likeness (QED) is 0.541. The summed E-state index contributed by atoms with van der Waals surface area (Å²) in [6.45, 7) is 2.73. The third-order valence-electron chi connectivity index (χ3n) is 4.98. The zero-order valence-corrected chi connectivity index (χ0v) is 16.0. The molecule has 5 rings (SSSR count). The van der Waals surface area contributed by atoms with Gasteiger partial charge in [0.05, 0.1) is 30.7 Å². The van der Waals surface area contributed by atoms with Gasteiger partial charge in [0.25, 0.3) is 0 Å². The van der Waals surface area contributed by atoms with Gasteiger partial charge in [-0.15, -0.1) is 0 Å². The summed E-state index contributed by atoms with van der Waals surface area (Å²) in [5.41, 5.74) is 2.31. The highest BCUT2D eigenvalue weighted by Gasteiger charge is 2.25. The molecule has 1 fully saturated rings. The molecule has 1 saturated heterocycles. The Bertz CT molecular complexity index is 1180. The van der Waals surface area contributed by atoms with Crippen molar-refractivity contribution in [1.29, 1.82) is 0 Å². The van der Waals surface area contributed by atoms with Crippen LogP contribution >= 0.6 is 0 Å². The lowest BCUT2D eigenvalue weighted by molar-refractivity contribution is 0.0376. The van der Waals surface area contributed by atoms with E-state index in [-0.39, 0.29) is 5.56 Å². The normalized spacial score (nSPS) is 14.8. The van der Waals surface area contributed by atoms with E-state index in [1.165, 1.54) is 12.3 Å². The summed E-state index contributed by atoms with van der Waals surface area (Å²) >= 11 is 0. The van der Waals surface area contributed by atoms with Gasteiger partial charge in [-0.1, -0.05) is 18.2 Å². The Morgan fingerprint density at radius 2 is 1.93 bits per heavy atom. The first kappa shape index (κ1) is 18.3. The van der Waals surface area contributed by atoms with Gasteiger partial charge in [-0.2, -0.15) is 0 Å². The summed E-state index contributed by atoms with van der Waals surface area (Å²) in [6, 6.07) is 11.5. The van der Waals surface area contributed by atoms with E-state index in [1.54, 1.807) is 18.6 Å². The lowest BCUT2D eigenvalue weighted by Crippen LogP contribution is -2.47. The molecule has 30 heavy (non-hydrogen) atoms. The van der Waals surface area contributed by atoms with Crippen LogP contribution in [0.2, 0.25) is 0 Å². The molecule has 9 heteroatoms. The van der Waals surface area contributed by atoms with E-state index in [0.717, 1.165) is 18.8 Å². The molecular formula is C21H19N5O4. The van der Waals surface area contributed by atoms with E-state index in [0.29, 0.717) is 36.1 Å². The first-order valence-electron chi connectivity index (χ1n) is 9.54. The number of hydrazine groups is 1. The molecule has 0 atom stereocenters. The van der Waals surface area contributed by atoms with Crippen LogP contribution in [0.4, 0.5) is 11.5 Å². The van der Waals surface area contributed by atoms with Crippen molar-refractivity contribution in [3.8, 4) is 11.5 Å². The van der Waals surface area contributed by atoms with Gasteiger partial charge in [-0.3, -0.25) is 9.41 Å². The average molecular weight is 405 g/mol. The summed E-state index contributed by atoms with van der Waals surface area (Å²) in [6.07, 6.45) is 6.39. The minimum absolute atomic E-state index is 0.0848. The number of anilines is 2. The van der Waals surface area contributed by atoms with E-state index in [2.05, 4.69) is 15.0 Å². The zero-order chi connectivity index (χ0) is 20.5. The molecule has 0 unspecified atom stereocenters. The number of morpholine rings is 1. The van der Waals surface area contributed by atoms with E-state index >= 15 is 0 Å². The van der Waals surface area contributed by atoms with Gasteiger partial charge in [0, 0.05) is 31.5 Å². The van der Waals surface area contributed by atoms with E-state index in [1.807, 2.05) is 34.7 Å². The van der Waals surface area contributed by atoms with Crippen LogP contribution in [0.3, 0.4) is 0 Å². The fourth-order valence-electron chi connectivity index (χ4n) is 3.56. The number of carboxylic acids is 1. The minimum Gasteiger partial charge on any atom is -0.478 e. The van der Waals surface area contributed by atoms with Crippen LogP contribution in [0.15, 0.2) is 65.7 Å². The summed E-state index contributed by atoms with van der Waals surface area (Å²) in [5.74, 6) is 0.0352. The maximum atomic E-state index is 11.2. The Balaban J connectivity index is 1.64. The van der Waals surface area contributed by atoms with Gasteiger partial charge in [0.15, 0.2) is 17.2 Å². The van der Waals surface area contributed by atoms with Crippen molar-refractivity contribution in [2.45, 2.75) is 0 Å². The minimum atomic E-state index is -1.04. The number of carbonyl (C=O) groups is 1. The predicted molar refractivity (Wildman–Crippen MR) is 109 cm³/mol. The van der Waals surface area contributed by atoms with Gasteiger partial charge in [-0.05, 0) is 12.1 Å². The number of aromatic nitrogens is 3. The number of ether oxygens (including phenoxy) is 1. The lowest BCUT2D eigenvalue weighted by Gasteiger charge is -2.38. The average Bonchev–Trinajstić information content (AvgIpc) is 3.46. The molecule has 0 saturated carbocycles. The zero-order valence-electron chi connectivity index (χ0n) is 16.0. The first-order valence-corrected chi connectivity index (χ1v) is 9.54. The van der Waals surface area contributed by atoms with Crippen LogP contribution in [0.5, 0.6) is 0 Å². The van der Waals surface area contributed by atoms with Crippen molar-refractivity contribution in [2.24, 2.45) is 0 Å². The number of carboxylic acid groups (broad SMARTS) is 1. The molecule has 3 aromatic heterocycles. The predicted octanol–water partition coefficient (Wildman–Crippen LogP) is 3.07. The van der Waals surface area contributed by atoms with Crippen molar-refractivity contribution >= 4 is 23.1 Å².